The van der Waals surface area contributed by atoms with Crippen molar-refractivity contribution in [3.63, 3.8) is 0 Å². The van der Waals surface area contributed by atoms with Gasteiger partial charge in [0.25, 0.3) is 0 Å². The normalized spacial score (nSPS) is 49.0. The molecule has 25 atom stereocenters. The molecule has 0 aromatic heterocycles. The van der Waals surface area contributed by atoms with Gasteiger partial charge in [-0.1, -0.05) is 0 Å². The molecule has 28 heteroatoms. The third kappa shape index (κ3) is 10.8. The van der Waals surface area contributed by atoms with E-state index in [1.54, 1.807) is 0 Å². The minimum absolute atomic E-state index is 0.693. The molecule has 0 bridgehead atoms. The van der Waals surface area contributed by atoms with Crippen LogP contribution in [0, 0.1) is 0 Å². The van der Waals surface area contributed by atoms with Gasteiger partial charge in [-0.2, -0.15) is 0 Å². The van der Waals surface area contributed by atoms with Gasteiger partial charge in [-0.15, -0.1) is 0 Å². The van der Waals surface area contributed by atoms with Crippen LogP contribution in [0.4, 0.5) is 0 Å². The first-order chi connectivity index (χ1) is 29.3. The van der Waals surface area contributed by atoms with Crippen LogP contribution in [0.1, 0.15) is 13.8 Å². The van der Waals surface area contributed by atoms with Gasteiger partial charge in [-0.25, -0.2) is 0 Å². The van der Waals surface area contributed by atoms with Crippen molar-refractivity contribution in [3.8, 4) is 0 Å². The minimum atomic E-state index is -2.23. The molecule has 0 unspecified atom stereocenters. The van der Waals surface area contributed by atoms with E-state index in [1.807, 2.05) is 0 Å². The number of ether oxygens (including phenoxy) is 9. The summed E-state index contributed by atoms with van der Waals surface area (Å²) < 4.78 is 51.4. The van der Waals surface area contributed by atoms with Crippen LogP contribution < -0.4 is 10.6 Å². The third-order valence-corrected chi connectivity index (χ3v) is 11.1. The van der Waals surface area contributed by atoms with Crippen molar-refractivity contribution in [1.82, 2.24) is 10.6 Å². The third-order valence-electron chi connectivity index (χ3n) is 11.1. The van der Waals surface area contributed by atoms with Gasteiger partial charge in [0.2, 0.25) is 11.8 Å². The van der Waals surface area contributed by atoms with Crippen LogP contribution in [0.15, 0.2) is 0 Å². The molecule has 5 heterocycles. The van der Waals surface area contributed by atoms with E-state index < -0.39 is 198 Å². The number of nitrogens with one attached hydrogen (secondary N) is 2. The molecule has 0 saturated carbocycles. The van der Waals surface area contributed by atoms with Gasteiger partial charge in [0.1, 0.15) is 122 Å². The first-order valence-electron chi connectivity index (χ1n) is 19.6. The molecule has 2 amide bonds. The molecule has 0 aliphatic carbocycles. The minimum Gasteiger partial charge on any atom is -0.394 e. The zero-order valence-corrected chi connectivity index (χ0v) is 33.2. The molecule has 62 heavy (non-hydrogen) atoms. The summed E-state index contributed by atoms with van der Waals surface area (Å²) in [7, 11) is 0. The Morgan fingerprint density at radius 1 is 0.387 bits per heavy atom. The number of aliphatic hydroxyl groups is 15. The molecule has 0 radical (unpaired) electrons. The summed E-state index contributed by atoms with van der Waals surface area (Å²) in [5.74, 6) is -1.49. The first kappa shape index (κ1) is 51.0. The van der Waals surface area contributed by atoms with Gasteiger partial charge in [0.15, 0.2) is 31.5 Å². The number of amides is 2. The summed E-state index contributed by atoms with van der Waals surface area (Å²) in [6.45, 7) is -2.60. The largest absolute Gasteiger partial charge is 0.394 e. The summed E-state index contributed by atoms with van der Waals surface area (Å²) in [6.07, 6.45) is -42.9. The van der Waals surface area contributed by atoms with Crippen LogP contribution in [0.25, 0.3) is 0 Å². The van der Waals surface area contributed by atoms with Gasteiger partial charge in [0.05, 0.1) is 33.0 Å². The van der Waals surface area contributed by atoms with Crippen molar-refractivity contribution >= 4 is 11.8 Å². The Kier molecular flexibility index (Phi) is 18.1. The second-order valence-electron chi connectivity index (χ2n) is 15.4. The van der Waals surface area contributed by atoms with E-state index >= 15 is 0 Å². The Hall–Kier alpha value is -2.02. The van der Waals surface area contributed by atoms with Gasteiger partial charge in [-0.05, 0) is 0 Å². The average Bonchev–Trinajstić information content (AvgIpc) is 3.24. The van der Waals surface area contributed by atoms with Crippen LogP contribution in [-0.2, 0) is 52.2 Å². The maximum absolute atomic E-state index is 12.4. The zero-order valence-electron chi connectivity index (χ0n) is 33.2. The number of hydrogen-bond donors (Lipinski definition) is 17. The molecule has 360 valence electrons. The standard InChI is InChI=1S/C34H58N2O26/c1-8(42)35-15-19(46)26(12(5-39)54-30(15)53)59-31-16(36-9(2)43)20(47)27(13(6-40)57-31)60-34-25(52)29(62-33-24(51)22(49)18(45)11(4-38)56-33)28(14(7-41)58-34)61-32-23(50)21(48)17(44)10(3-37)55-32/h10-34,37-41,44-53H,3-7H2,1-2H3,(H,35,42)(H,36,43)/t10-,11-,12-,13-,14-,15-,16-,17-,18-,19-,20-,21+,22+,23+,24+,25+,26-,27-,28-,29-,30-,31+,32-,33-,34+/m1/s1. The second-order valence-corrected chi connectivity index (χ2v) is 15.4. The van der Waals surface area contributed by atoms with Crippen molar-refractivity contribution < 1.29 is 129 Å². The number of carbonyl (C=O) groups excluding carboxylic acids is 2. The zero-order chi connectivity index (χ0) is 45.9. The van der Waals surface area contributed by atoms with E-state index in [1.165, 1.54) is 0 Å². The van der Waals surface area contributed by atoms with Crippen molar-refractivity contribution in [3.05, 3.63) is 0 Å². The van der Waals surface area contributed by atoms with Crippen LogP contribution >= 0.6 is 0 Å². The monoisotopic (exact) mass is 910 g/mol. The van der Waals surface area contributed by atoms with Gasteiger partial charge in [-0.3, -0.25) is 9.59 Å². The van der Waals surface area contributed by atoms with Crippen LogP contribution in [0.2, 0.25) is 0 Å². The summed E-state index contributed by atoms with van der Waals surface area (Å²) in [5, 5.41) is 163. The fourth-order valence-electron chi connectivity index (χ4n) is 7.83. The Morgan fingerprint density at radius 3 is 1.19 bits per heavy atom. The van der Waals surface area contributed by atoms with Crippen molar-refractivity contribution in [1.29, 1.82) is 0 Å². The molecule has 0 spiro atoms. The summed E-state index contributed by atoms with van der Waals surface area (Å²) in [4.78, 5) is 24.2. The summed E-state index contributed by atoms with van der Waals surface area (Å²) in [6, 6.07) is -3.19. The maximum atomic E-state index is 12.4. The molecule has 5 fully saturated rings. The Bertz CT molecular complexity index is 1440. The molecule has 5 aliphatic heterocycles. The lowest BCUT2D eigenvalue weighted by molar-refractivity contribution is -0.398. The van der Waals surface area contributed by atoms with E-state index in [0.29, 0.717) is 0 Å². The van der Waals surface area contributed by atoms with Crippen molar-refractivity contribution in [2.75, 3.05) is 33.0 Å². The topological polar surface area (TPSA) is 445 Å². The fourth-order valence-corrected chi connectivity index (χ4v) is 7.83. The molecule has 5 aliphatic rings. The van der Waals surface area contributed by atoms with E-state index in [4.69, 9.17) is 42.6 Å². The number of carbonyl (C=O) groups is 2. The number of hydrogen-bond acceptors (Lipinski definition) is 26. The van der Waals surface area contributed by atoms with E-state index in [2.05, 4.69) is 10.6 Å². The first-order valence-corrected chi connectivity index (χ1v) is 19.6. The Labute approximate surface area is 351 Å². The van der Waals surface area contributed by atoms with Crippen molar-refractivity contribution in [2.45, 2.75) is 167 Å². The SMILES string of the molecule is CC(=O)N[C@@H]1[C@@H](O)[C@H](O[C@@H]2O[C@H](CO)[C@@H](O[C@@H]3O[C@H](CO)[C@@H](O[C@H]4O[C@H](CO)[C@@H](O)[C@H](O)[C@@H]4O)[C@H](O[C@H]4O[C@H](CO)[C@@H](O)[C@H](O)[C@@H]4O)[C@@H]3O)[C@H](O)[C@H]2NC(C)=O)[C@@H](CO)O[C@H]1O. The quantitative estimate of drug-likeness (QED) is 0.0725. The molecular formula is C34H58N2O26. The fraction of sp³-hybridized carbons (Fsp3) is 0.941. The van der Waals surface area contributed by atoms with Crippen molar-refractivity contribution in [2.24, 2.45) is 0 Å². The second kappa shape index (κ2) is 22.0. The van der Waals surface area contributed by atoms with Gasteiger partial charge >= 0.3 is 0 Å². The molecule has 0 aromatic carbocycles. The number of aliphatic hydroxyl groups excluding tert-OH is 15. The van der Waals surface area contributed by atoms with Gasteiger partial charge in [0, 0.05) is 13.8 Å². The Balaban J connectivity index is 1.44. The van der Waals surface area contributed by atoms with Gasteiger partial charge < -0.3 is 130 Å². The predicted molar refractivity (Wildman–Crippen MR) is 190 cm³/mol. The highest BCUT2D eigenvalue weighted by Gasteiger charge is 2.57. The lowest BCUT2D eigenvalue weighted by Gasteiger charge is -2.51. The highest BCUT2D eigenvalue weighted by Crippen LogP contribution is 2.36. The van der Waals surface area contributed by atoms with E-state index in [9.17, 15) is 86.2 Å². The molecule has 5 rings (SSSR count). The highest BCUT2D eigenvalue weighted by molar-refractivity contribution is 5.73. The summed E-state index contributed by atoms with van der Waals surface area (Å²) in [5.41, 5.74) is 0. The smallest absolute Gasteiger partial charge is 0.217 e. The highest BCUT2D eigenvalue weighted by atomic mass is 16.8. The molecule has 28 nitrogen and oxygen atoms in total. The van der Waals surface area contributed by atoms with Crippen LogP contribution in [-0.4, -0.2) is 275 Å². The van der Waals surface area contributed by atoms with E-state index in [0.717, 1.165) is 13.8 Å². The lowest BCUT2D eigenvalue weighted by Crippen LogP contribution is -2.70. The molecular weight excluding hydrogens is 852 g/mol. The molecule has 0 aromatic rings. The van der Waals surface area contributed by atoms with Crippen LogP contribution in [0.5, 0.6) is 0 Å². The Morgan fingerprint density at radius 2 is 0.726 bits per heavy atom. The van der Waals surface area contributed by atoms with Crippen LogP contribution in [0.3, 0.4) is 0 Å². The summed E-state index contributed by atoms with van der Waals surface area (Å²) >= 11 is 0. The molecule has 17 N–H and O–H groups in total. The maximum Gasteiger partial charge on any atom is 0.217 e. The molecule has 5 saturated heterocycles. The lowest BCUT2D eigenvalue weighted by atomic mass is 9.93. The predicted octanol–water partition coefficient (Wildman–Crippen LogP) is -11.6. The number of rotatable bonds is 15. The average molecular weight is 911 g/mol. The van der Waals surface area contributed by atoms with E-state index in [-0.39, 0.29) is 0 Å².